The summed E-state index contributed by atoms with van der Waals surface area (Å²) in [5, 5.41) is 4.45. The van der Waals surface area contributed by atoms with Crippen LogP contribution in [0.4, 0.5) is 5.69 Å². The lowest BCUT2D eigenvalue weighted by atomic mass is 9.54. The van der Waals surface area contributed by atoms with Gasteiger partial charge in [-0.3, -0.25) is 4.68 Å². The normalized spacial score (nSPS) is 45.1. The van der Waals surface area contributed by atoms with Crippen LogP contribution in [0.15, 0.2) is 12.4 Å². The third-order valence-electron chi connectivity index (χ3n) is 5.10. The number of hydrogen-bond acceptors (Lipinski definition) is 2. The van der Waals surface area contributed by atoms with Crippen LogP contribution in [0.3, 0.4) is 0 Å². The van der Waals surface area contributed by atoms with E-state index in [1.165, 1.54) is 32.1 Å². The largest absolute Gasteiger partial charge is 0.396 e. The van der Waals surface area contributed by atoms with Crippen LogP contribution in [0.2, 0.25) is 0 Å². The molecule has 2 N–H and O–H groups in total. The zero-order chi connectivity index (χ0) is 10.7. The Kier molecular flexibility index (Phi) is 1.72. The van der Waals surface area contributed by atoms with Gasteiger partial charge in [0.1, 0.15) is 0 Å². The highest BCUT2D eigenvalue weighted by Gasteiger charge is 2.49. The highest BCUT2D eigenvalue weighted by Crippen LogP contribution is 2.58. The van der Waals surface area contributed by atoms with Crippen molar-refractivity contribution in [2.24, 2.45) is 23.7 Å². The zero-order valence-electron chi connectivity index (χ0n) is 9.55. The van der Waals surface area contributed by atoms with Crippen LogP contribution in [0, 0.1) is 23.7 Å². The first-order valence-corrected chi connectivity index (χ1v) is 6.59. The van der Waals surface area contributed by atoms with E-state index >= 15 is 0 Å². The van der Waals surface area contributed by atoms with Crippen LogP contribution < -0.4 is 5.73 Å². The van der Waals surface area contributed by atoms with Crippen molar-refractivity contribution in [2.45, 2.75) is 38.1 Å². The molecule has 3 heteroatoms. The van der Waals surface area contributed by atoms with Gasteiger partial charge in [-0.1, -0.05) is 0 Å². The molecule has 4 bridgehead atoms. The van der Waals surface area contributed by atoms with Crippen molar-refractivity contribution in [3.8, 4) is 0 Å². The van der Waals surface area contributed by atoms with Crippen molar-refractivity contribution in [1.29, 1.82) is 0 Å². The number of hydrogen-bond donors (Lipinski definition) is 1. The lowest BCUT2D eigenvalue weighted by Gasteiger charge is -2.54. The van der Waals surface area contributed by atoms with Gasteiger partial charge in [-0.05, 0) is 55.8 Å². The van der Waals surface area contributed by atoms with E-state index in [2.05, 4.69) is 9.78 Å². The summed E-state index contributed by atoms with van der Waals surface area (Å²) in [7, 11) is 0. The van der Waals surface area contributed by atoms with E-state index < -0.39 is 0 Å². The topological polar surface area (TPSA) is 43.8 Å². The summed E-state index contributed by atoms with van der Waals surface area (Å²) >= 11 is 0. The van der Waals surface area contributed by atoms with Crippen LogP contribution >= 0.6 is 0 Å². The van der Waals surface area contributed by atoms with Gasteiger partial charge < -0.3 is 5.73 Å². The standard InChI is InChI=1S/C13H19N3/c14-12-6-15-16(7-12)13-10-2-8-1-9(4-10)5-11(13)3-8/h6-11,13H,1-5,14H2. The van der Waals surface area contributed by atoms with Gasteiger partial charge in [0.15, 0.2) is 0 Å². The predicted octanol–water partition coefficient (Wildman–Crippen LogP) is 2.46. The quantitative estimate of drug-likeness (QED) is 0.785. The summed E-state index contributed by atoms with van der Waals surface area (Å²) in [5.41, 5.74) is 6.60. The van der Waals surface area contributed by atoms with Gasteiger partial charge in [0.05, 0.1) is 17.9 Å². The van der Waals surface area contributed by atoms with Crippen molar-refractivity contribution in [3.05, 3.63) is 12.4 Å². The molecule has 5 rings (SSSR count). The highest BCUT2D eigenvalue weighted by molar-refractivity contribution is 5.30. The smallest absolute Gasteiger partial charge is 0.0719 e. The molecule has 0 aliphatic heterocycles. The Morgan fingerprint density at radius 2 is 1.69 bits per heavy atom. The molecule has 0 saturated heterocycles. The summed E-state index contributed by atoms with van der Waals surface area (Å²) in [5.74, 6) is 3.84. The number of aromatic nitrogens is 2. The van der Waals surface area contributed by atoms with Crippen molar-refractivity contribution < 1.29 is 0 Å². The van der Waals surface area contributed by atoms with Crippen molar-refractivity contribution in [2.75, 3.05) is 5.73 Å². The SMILES string of the molecule is Nc1cnn(C2C3CC4CC(C3)CC2C4)c1. The number of anilines is 1. The van der Waals surface area contributed by atoms with E-state index in [-0.39, 0.29) is 0 Å². The molecule has 0 aromatic carbocycles. The summed E-state index contributed by atoms with van der Waals surface area (Å²) in [4.78, 5) is 0. The molecule has 4 saturated carbocycles. The van der Waals surface area contributed by atoms with E-state index in [1.807, 2.05) is 6.20 Å². The van der Waals surface area contributed by atoms with Crippen LogP contribution in [0.5, 0.6) is 0 Å². The minimum absolute atomic E-state index is 0.658. The molecule has 0 unspecified atom stereocenters. The maximum atomic E-state index is 5.79. The second kappa shape index (κ2) is 3.02. The van der Waals surface area contributed by atoms with Crippen LogP contribution in [-0.4, -0.2) is 9.78 Å². The summed E-state index contributed by atoms with van der Waals surface area (Å²) in [6.07, 6.45) is 11.1. The molecule has 4 aliphatic rings. The molecule has 16 heavy (non-hydrogen) atoms. The predicted molar refractivity (Wildman–Crippen MR) is 62.7 cm³/mol. The maximum absolute atomic E-state index is 5.79. The van der Waals surface area contributed by atoms with Gasteiger partial charge >= 0.3 is 0 Å². The van der Waals surface area contributed by atoms with E-state index in [4.69, 9.17) is 5.73 Å². The first kappa shape index (κ1) is 9.08. The maximum Gasteiger partial charge on any atom is 0.0719 e. The van der Waals surface area contributed by atoms with Gasteiger partial charge in [0.25, 0.3) is 0 Å². The third-order valence-corrected chi connectivity index (χ3v) is 5.10. The average molecular weight is 217 g/mol. The Morgan fingerprint density at radius 3 is 2.19 bits per heavy atom. The molecule has 1 heterocycles. The fraction of sp³-hybridized carbons (Fsp3) is 0.769. The van der Waals surface area contributed by atoms with E-state index in [1.54, 1.807) is 6.20 Å². The Morgan fingerprint density at radius 1 is 1.06 bits per heavy atom. The lowest BCUT2D eigenvalue weighted by molar-refractivity contribution is -0.0336. The first-order valence-electron chi connectivity index (χ1n) is 6.59. The molecular weight excluding hydrogens is 198 g/mol. The minimum atomic E-state index is 0.658. The molecule has 1 aromatic heterocycles. The first-order chi connectivity index (χ1) is 7.79. The Hall–Kier alpha value is -0.990. The molecule has 0 atom stereocenters. The fourth-order valence-electron chi connectivity index (χ4n) is 4.84. The highest BCUT2D eigenvalue weighted by atomic mass is 15.3. The van der Waals surface area contributed by atoms with E-state index in [0.29, 0.717) is 6.04 Å². The molecule has 4 fully saturated rings. The van der Waals surface area contributed by atoms with E-state index in [9.17, 15) is 0 Å². The molecule has 0 amide bonds. The van der Waals surface area contributed by atoms with Crippen molar-refractivity contribution in [3.63, 3.8) is 0 Å². The van der Waals surface area contributed by atoms with E-state index in [0.717, 1.165) is 29.4 Å². The monoisotopic (exact) mass is 217 g/mol. The molecule has 3 nitrogen and oxygen atoms in total. The molecular formula is C13H19N3. The molecule has 0 radical (unpaired) electrons. The second-order valence-corrected chi connectivity index (χ2v) is 6.17. The molecule has 1 aromatic rings. The third kappa shape index (κ3) is 1.17. The van der Waals surface area contributed by atoms with Crippen LogP contribution in [0.25, 0.3) is 0 Å². The number of rotatable bonds is 1. The van der Waals surface area contributed by atoms with Crippen molar-refractivity contribution >= 4 is 5.69 Å². The summed E-state index contributed by atoms with van der Waals surface area (Å²) in [6, 6.07) is 0.658. The van der Waals surface area contributed by atoms with Gasteiger partial charge in [0, 0.05) is 6.20 Å². The van der Waals surface area contributed by atoms with Crippen molar-refractivity contribution in [1.82, 2.24) is 9.78 Å². The zero-order valence-corrected chi connectivity index (χ0v) is 9.55. The van der Waals surface area contributed by atoms with Gasteiger partial charge in [0.2, 0.25) is 0 Å². The minimum Gasteiger partial charge on any atom is -0.396 e. The molecule has 4 aliphatic carbocycles. The van der Waals surface area contributed by atoms with Gasteiger partial charge in [-0.25, -0.2) is 0 Å². The van der Waals surface area contributed by atoms with Gasteiger partial charge in [-0.15, -0.1) is 0 Å². The summed E-state index contributed by atoms with van der Waals surface area (Å²) in [6.45, 7) is 0. The average Bonchev–Trinajstić information content (AvgIpc) is 2.63. The Balaban J connectivity index is 1.69. The second-order valence-electron chi connectivity index (χ2n) is 6.17. The molecule has 86 valence electrons. The number of nitrogen functional groups attached to an aromatic ring is 1. The lowest BCUT2D eigenvalue weighted by Crippen LogP contribution is -2.46. The van der Waals surface area contributed by atoms with Crippen LogP contribution in [-0.2, 0) is 0 Å². The summed E-state index contributed by atoms with van der Waals surface area (Å²) < 4.78 is 2.17. The number of nitrogens with zero attached hydrogens (tertiary/aromatic N) is 2. The Bertz CT molecular complexity index is 381. The Labute approximate surface area is 96.0 Å². The fourth-order valence-corrected chi connectivity index (χ4v) is 4.84. The molecule has 0 spiro atoms. The van der Waals surface area contributed by atoms with Gasteiger partial charge in [-0.2, -0.15) is 5.10 Å². The number of nitrogens with two attached hydrogens (primary N) is 1. The van der Waals surface area contributed by atoms with Crippen LogP contribution in [0.1, 0.15) is 38.1 Å².